The van der Waals surface area contributed by atoms with Crippen LogP contribution in [0.4, 0.5) is 0 Å². The van der Waals surface area contributed by atoms with E-state index in [2.05, 4.69) is 10.6 Å². The van der Waals surface area contributed by atoms with Crippen LogP contribution in [0.25, 0.3) is 0 Å². The SMILES string of the molecule is NC(O)CCCCNCCCC(O)NCCCCC(O)N1CCC[C@H]1C(N)O. The molecule has 0 aliphatic carbocycles. The zero-order chi connectivity index (χ0) is 20.8. The first kappa shape index (κ1) is 25.7. The molecular weight excluding hydrogens is 362 g/mol. The van der Waals surface area contributed by atoms with Crippen LogP contribution in [-0.4, -0.2) is 82.5 Å². The van der Waals surface area contributed by atoms with Crippen molar-refractivity contribution in [3.63, 3.8) is 0 Å². The van der Waals surface area contributed by atoms with Gasteiger partial charge in [0.2, 0.25) is 0 Å². The van der Waals surface area contributed by atoms with E-state index in [0.717, 1.165) is 64.6 Å². The number of rotatable bonds is 17. The molecule has 0 aromatic carbocycles. The Balaban J connectivity index is 1.93. The van der Waals surface area contributed by atoms with Gasteiger partial charge in [-0.1, -0.05) is 0 Å². The van der Waals surface area contributed by atoms with Gasteiger partial charge in [0.05, 0.1) is 6.04 Å². The van der Waals surface area contributed by atoms with Crippen molar-refractivity contribution < 1.29 is 20.4 Å². The van der Waals surface area contributed by atoms with Gasteiger partial charge in [0.25, 0.3) is 0 Å². The quantitative estimate of drug-likeness (QED) is 0.111. The fraction of sp³-hybridized carbons (Fsp3) is 1.00. The summed E-state index contributed by atoms with van der Waals surface area (Å²) in [7, 11) is 0. The van der Waals surface area contributed by atoms with Crippen LogP contribution in [0.1, 0.15) is 64.2 Å². The molecule has 9 nitrogen and oxygen atoms in total. The number of hydrogen-bond acceptors (Lipinski definition) is 9. The van der Waals surface area contributed by atoms with Crippen LogP contribution in [0.3, 0.4) is 0 Å². The smallest absolute Gasteiger partial charge is 0.118 e. The summed E-state index contributed by atoms with van der Waals surface area (Å²) in [5.74, 6) is 0. The molecule has 0 radical (unpaired) electrons. The highest BCUT2D eigenvalue weighted by atomic mass is 16.3. The third-order valence-electron chi connectivity index (χ3n) is 5.32. The van der Waals surface area contributed by atoms with Crippen molar-refractivity contribution in [2.24, 2.45) is 11.5 Å². The number of nitrogens with two attached hydrogens (primary N) is 2. The summed E-state index contributed by atoms with van der Waals surface area (Å²) in [4.78, 5) is 1.90. The van der Waals surface area contributed by atoms with Crippen molar-refractivity contribution >= 4 is 0 Å². The number of hydrogen-bond donors (Lipinski definition) is 8. The second kappa shape index (κ2) is 15.5. The first-order valence-corrected chi connectivity index (χ1v) is 10.8. The van der Waals surface area contributed by atoms with Crippen LogP contribution in [0.5, 0.6) is 0 Å². The van der Waals surface area contributed by atoms with Crippen molar-refractivity contribution in [1.29, 1.82) is 0 Å². The molecule has 5 atom stereocenters. The fourth-order valence-electron chi connectivity index (χ4n) is 3.69. The second-order valence-corrected chi connectivity index (χ2v) is 7.84. The van der Waals surface area contributed by atoms with Crippen molar-refractivity contribution in [2.75, 3.05) is 26.2 Å². The molecule has 9 heteroatoms. The first-order valence-electron chi connectivity index (χ1n) is 10.8. The molecule has 1 aliphatic rings. The standard InChI is InChI=1S/C19H43N5O4/c20-16(25)8-1-3-11-22-12-5-9-17(26)23-13-4-2-10-18(27)24-14-6-7-15(24)19(21)28/h15-19,22-23,25-28H,1-14,20-21H2/t15-,16?,17?,18?,19?/m0/s1. The molecule has 0 bridgehead atoms. The lowest BCUT2D eigenvalue weighted by Crippen LogP contribution is -2.48. The van der Waals surface area contributed by atoms with Gasteiger partial charge in [-0.05, 0) is 83.8 Å². The summed E-state index contributed by atoms with van der Waals surface area (Å²) in [6, 6.07) is -0.143. The first-order chi connectivity index (χ1) is 13.4. The molecule has 0 amide bonds. The van der Waals surface area contributed by atoms with E-state index >= 15 is 0 Å². The molecule has 1 aliphatic heterocycles. The predicted octanol–water partition coefficient (Wildman–Crippen LogP) is -1.06. The normalized spacial score (nSPS) is 22.3. The van der Waals surface area contributed by atoms with Gasteiger partial charge in [0, 0.05) is 6.54 Å². The van der Waals surface area contributed by atoms with E-state index in [0.29, 0.717) is 25.8 Å². The second-order valence-electron chi connectivity index (χ2n) is 7.84. The van der Waals surface area contributed by atoms with Crippen LogP contribution in [0, 0.1) is 0 Å². The van der Waals surface area contributed by atoms with Crippen LogP contribution >= 0.6 is 0 Å². The highest BCUT2D eigenvalue weighted by molar-refractivity contribution is 4.83. The Morgan fingerprint density at radius 3 is 2.25 bits per heavy atom. The maximum Gasteiger partial charge on any atom is 0.118 e. The van der Waals surface area contributed by atoms with Crippen LogP contribution in [0.2, 0.25) is 0 Å². The van der Waals surface area contributed by atoms with Crippen LogP contribution in [0.15, 0.2) is 0 Å². The lowest BCUT2D eigenvalue weighted by Gasteiger charge is -2.31. The third-order valence-corrected chi connectivity index (χ3v) is 5.32. The van der Waals surface area contributed by atoms with E-state index in [9.17, 15) is 15.3 Å². The average molecular weight is 406 g/mol. The number of likely N-dealkylation sites (tertiary alicyclic amines) is 1. The molecule has 28 heavy (non-hydrogen) atoms. The highest BCUT2D eigenvalue weighted by Crippen LogP contribution is 2.22. The average Bonchev–Trinajstić information content (AvgIpc) is 3.13. The largest absolute Gasteiger partial charge is 0.379 e. The minimum atomic E-state index is -0.901. The Morgan fingerprint density at radius 1 is 0.857 bits per heavy atom. The minimum absolute atomic E-state index is 0.143. The zero-order valence-electron chi connectivity index (χ0n) is 17.2. The predicted molar refractivity (Wildman–Crippen MR) is 110 cm³/mol. The Bertz CT molecular complexity index is 376. The van der Waals surface area contributed by atoms with Gasteiger partial charge in [-0.3, -0.25) is 10.2 Å². The topological polar surface area (TPSA) is 160 Å². The number of unbranched alkanes of at least 4 members (excludes halogenated alkanes) is 2. The Labute approximate surface area is 169 Å². The van der Waals surface area contributed by atoms with Crippen molar-refractivity contribution in [3.8, 4) is 0 Å². The maximum atomic E-state index is 10.3. The molecule has 0 spiro atoms. The number of nitrogens with one attached hydrogen (secondary N) is 2. The number of nitrogens with zero attached hydrogens (tertiary/aromatic N) is 1. The van der Waals surface area contributed by atoms with Crippen LogP contribution < -0.4 is 22.1 Å². The molecular formula is C19H43N5O4. The molecule has 1 fully saturated rings. The monoisotopic (exact) mass is 405 g/mol. The van der Waals surface area contributed by atoms with Gasteiger partial charge in [-0.15, -0.1) is 0 Å². The van der Waals surface area contributed by atoms with E-state index in [1.54, 1.807) is 0 Å². The number of aliphatic hydroxyl groups excluding tert-OH is 4. The van der Waals surface area contributed by atoms with Gasteiger partial charge < -0.3 is 37.2 Å². The molecule has 4 unspecified atom stereocenters. The van der Waals surface area contributed by atoms with Gasteiger partial charge in [0.1, 0.15) is 24.9 Å². The van der Waals surface area contributed by atoms with E-state index in [1.165, 1.54) is 0 Å². The van der Waals surface area contributed by atoms with Crippen molar-refractivity contribution in [1.82, 2.24) is 15.5 Å². The van der Waals surface area contributed by atoms with Gasteiger partial charge >= 0.3 is 0 Å². The van der Waals surface area contributed by atoms with E-state index in [-0.39, 0.29) is 6.04 Å². The maximum absolute atomic E-state index is 10.3. The summed E-state index contributed by atoms with van der Waals surface area (Å²) in [5, 5.41) is 45.2. The van der Waals surface area contributed by atoms with Gasteiger partial charge in [0.15, 0.2) is 0 Å². The fourth-order valence-corrected chi connectivity index (χ4v) is 3.69. The summed E-state index contributed by atoms with van der Waals surface area (Å²) in [6.45, 7) is 3.25. The Hall–Kier alpha value is -0.360. The zero-order valence-corrected chi connectivity index (χ0v) is 17.2. The highest BCUT2D eigenvalue weighted by Gasteiger charge is 2.32. The molecule has 1 heterocycles. The molecule has 1 rings (SSSR count). The molecule has 0 saturated carbocycles. The molecule has 10 N–H and O–H groups in total. The third kappa shape index (κ3) is 11.6. The lowest BCUT2D eigenvalue weighted by molar-refractivity contribution is -0.0450. The summed E-state index contributed by atoms with van der Waals surface area (Å²) < 4.78 is 0. The molecule has 0 aromatic heterocycles. The molecule has 0 aromatic rings. The van der Waals surface area contributed by atoms with Crippen LogP contribution in [-0.2, 0) is 0 Å². The Morgan fingerprint density at radius 2 is 1.54 bits per heavy atom. The van der Waals surface area contributed by atoms with E-state index < -0.39 is 24.9 Å². The summed E-state index contributed by atoms with van der Waals surface area (Å²) in [6.07, 6.45) is 5.60. The number of aliphatic hydroxyl groups is 4. The van der Waals surface area contributed by atoms with E-state index in [1.807, 2.05) is 4.90 Å². The van der Waals surface area contributed by atoms with Crippen molar-refractivity contribution in [3.05, 3.63) is 0 Å². The Kier molecular flexibility index (Phi) is 14.2. The summed E-state index contributed by atoms with van der Waals surface area (Å²) in [5.41, 5.74) is 10.9. The van der Waals surface area contributed by atoms with Gasteiger partial charge in [-0.2, -0.15) is 0 Å². The molecule has 168 valence electrons. The lowest BCUT2D eigenvalue weighted by atomic mass is 10.1. The van der Waals surface area contributed by atoms with E-state index in [4.69, 9.17) is 16.6 Å². The van der Waals surface area contributed by atoms with Crippen molar-refractivity contribution in [2.45, 2.75) is 95.2 Å². The summed E-state index contributed by atoms with van der Waals surface area (Å²) >= 11 is 0. The van der Waals surface area contributed by atoms with Gasteiger partial charge in [-0.25, -0.2) is 0 Å². The molecule has 1 saturated heterocycles. The minimum Gasteiger partial charge on any atom is -0.379 e.